The number of cyclic esters (lactones) is 1. The van der Waals surface area contributed by atoms with E-state index in [4.69, 9.17) is 4.74 Å². The third-order valence-electron chi connectivity index (χ3n) is 4.16. The molecule has 0 aromatic heterocycles. The average molecular weight is 306 g/mol. The van der Waals surface area contributed by atoms with Crippen molar-refractivity contribution in [2.24, 2.45) is 0 Å². The van der Waals surface area contributed by atoms with Crippen LogP contribution in [0.4, 0.5) is 0 Å². The molecule has 0 saturated heterocycles. The minimum absolute atomic E-state index is 0.0511. The van der Waals surface area contributed by atoms with Gasteiger partial charge in [0.15, 0.2) is 5.78 Å². The number of esters is 1. The van der Waals surface area contributed by atoms with E-state index in [0.717, 1.165) is 11.1 Å². The van der Waals surface area contributed by atoms with E-state index in [0.29, 0.717) is 12.0 Å². The molecular formula is C20H18O3. The molecule has 0 fully saturated rings. The maximum atomic E-state index is 12.6. The number of hydrogen-bond acceptors (Lipinski definition) is 3. The molecule has 0 radical (unpaired) electrons. The van der Waals surface area contributed by atoms with Gasteiger partial charge in [0.25, 0.3) is 0 Å². The topological polar surface area (TPSA) is 43.4 Å². The molecule has 0 saturated carbocycles. The number of carbonyl (C=O) groups excluding carboxylic acids is 2. The molecule has 1 aliphatic heterocycles. The van der Waals surface area contributed by atoms with Gasteiger partial charge in [-0.25, -0.2) is 4.79 Å². The molecule has 2 aromatic rings. The highest BCUT2D eigenvalue weighted by Gasteiger charge is 2.30. The monoisotopic (exact) mass is 306 g/mol. The summed E-state index contributed by atoms with van der Waals surface area (Å²) in [5, 5.41) is 0. The molecule has 0 unspecified atom stereocenters. The van der Waals surface area contributed by atoms with Crippen LogP contribution >= 0.6 is 0 Å². The van der Waals surface area contributed by atoms with Crippen molar-refractivity contribution in [2.75, 3.05) is 0 Å². The van der Waals surface area contributed by atoms with Gasteiger partial charge < -0.3 is 4.74 Å². The lowest BCUT2D eigenvalue weighted by molar-refractivity contribution is -0.139. The Bertz CT molecular complexity index is 746. The number of rotatable bonds is 5. The van der Waals surface area contributed by atoms with Crippen molar-refractivity contribution < 1.29 is 14.3 Å². The van der Waals surface area contributed by atoms with Gasteiger partial charge in [-0.3, -0.25) is 4.79 Å². The van der Waals surface area contributed by atoms with Crippen molar-refractivity contribution in [1.82, 2.24) is 0 Å². The van der Waals surface area contributed by atoms with E-state index >= 15 is 0 Å². The summed E-state index contributed by atoms with van der Waals surface area (Å²) in [4.78, 5) is 24.0. The van der Waals surface area contributed by atoms with Gasteiger partial charge in [0.05, 0.1) is 0 Å². The molecule has 1 aliphatic rings. The lowest BCUT2D eigenvalue weighted by Crippen LogP contribution is -2.22. The summed E-state index contributed by atoms with van der Waals surface area (Å²) in [5.74, 6) is -0.470. The normalized spacial score (nSPS) is 17.8. The minimum Gasteiger partial charge on any atom is -0.454 e. The van der Waals surface area contributed by atoms with Gasteiger partial charge in [0.1, 0.15) is 6.10 Å². The molecule has 0 N–H and O–H groups in total. The quantitative estimate of drug-likeness (QED) is 0.623. The lowest BCUT2D eigenvalue weighted by Gasteiger charge is -2.23. The smallest absolute Gasteiger partial charge is 0.331 e. The predicted molar refractivity (Wildman–Crippen MR) is 88.3 cm³/mol. The van der Waals surface area contributed by atoms with Gasteiger partial charge in [-0.15, -0.1) is 0 Å². The highest BCUT2D eigenvalue weighted by molar-refractivity contribution is 5.96. The predicted octanol–water partition coefficient (Wildman–Crippen LogP) is 3.83. The van der Waals surface area contributed by atoms with Crippen molar-refractivity contribution in [3.05, 3.63) is 83.4 Å². The largest absolute Gasteiger partial charge is 0.454 e. The van der Waals surface area contributed by atoms with E-state index in [1.165, 1.54) is 6.08 Å². The molecule has 0 spiro atoms. The van der Waals surface area contributed by atoms with E-state index in [-0.39, 0.29) is 17.7 Å². The zero-order chi connectivity index (χ0) is 16.2. The molecule has 116 valence electrons. The van der Waals surface area contributed by atoms with E-state index in [1.54, 1.807) is 6.08 Å². The van der Waals surface area contributed by atoms with E-state index in [2.05, 4.69) is 0 Å². The first-order valence-electron chi connectivity index (χ1n) is 7.68. The average Bonchev–Trinajstić information content (AvgIpc) is 3.00. The third kappa shape index (κ3) is 3.39. The van der Waals surface area contributed by atoms with Crippen LogP contribution in [0, 0.1) is 6.92 Å². The second-order valence-corrected chi connectivity index (χ2v) is 5.72. The Morgan fingerprint density at radius 1 is 1.09 bits per heavy atom. The van der Waals surface area contributed by atoms with E-state index in [1.807, 2.05) is 61.5 Å². The van der Waals surface area contributed by atoms with Gasteiger partial charge in [-0.1, -0.05) is 54.6 Å². The Morgan fingerprint density at radius 2 is 1.78 bits per heavy atom. The van der Waals surface area contributed by atoms with Gasteiger partial charge in [0.2, 0.25) is 0 Å². The van der Waals surface area contributed by atoms with Crippen LogP contribution in [0.3, 0.4) is 0 Å². The maximum Gasteiger partial charge on any atom is 0.331 e. The Labute approximate surface area is 135 Å². The lowest BCUT2D eigenvalue weighted by atomic mass is 9.85. The van der Waals surface area contributed by atoms with Crippen molar-refractivity contribution in [2.45, 2.75) is 25.4 Å². The molecular weight excluding hydrogens is 288 g/mol. The summed E-state index contributed by atoms with van der Waals surface area (Å²) in [7, 11) is 0. The standard InChI is InChI=1S/C20H18O3/c1-14-7-5-6-10-16(14)17(19-11-12-20(22)23-19)13-18(21)15-8-3-2-4-9-15/h2-12,17,19H,13H2,1H3/t17-,19-/m0/s1. The first kappa shape index (κ1) is 15.2. The molecule has 2 atom stereocenters. The van der Waals surface area contributed by atoms with Crippen LogP contribution in [0.15, 0.2) is 66.7 Å². The van der Waals surface area contributed by atoms with Crippen molar-refractivity contribution in [3.63, 3.8) is 0 Å². The van der Waals surface area contributed by atoms with Crippen LogP contribution in [-0.4, -0.2) is 17.9 Å². The van der Waals surface area contributed by atoms with Crippen LogP contribution in [0.1, 0.15) is 33.8 Å². The number of benzene rings is 2. The Morgan fingerprint density at radius 3 is 2.43 bits per heavy atom. The van der Waals surface area contributed by atoms with E-state index in [9.17, 15) is 9.59 Å². The van der Waals surface area contributed by atoms with Crippen LogP contribution in [0.25, 0.3) is 0 Å². The molecule has 0 amide bonds. The summed E-state index contributed by atoms with van der Waals surface area (Å²) in [6.07, 6.45) is 3.09. The second-order valence-electron chi connectivity index (χ2n) is 5.72. The molecule has 3 nitrogen and oxygen atoms in total. The fraction of sp³-hybridized carbons (Fsp3) is 0.200. The number of ketones is 1. The summed E-state index contributed by atoms with van der Waals surface area (Å²) >= 11 is 0. The first-order chi connectivity index (χ1) is 11.1. The first-order valence-corrected chi connectivity index (χ1v) is 7.68. The molecule has 1 heterocycles. The fourth-order valence-corrected chi connectivity index (χ4v) is 2.95. The Balaban J connectivity index is 1.90. The summed E-state index contributed by atoms with van der Waals surface area (Å²) in [6, 6.07) is 17.1. The third-order valence-corrected chi connectivity index (χ3v) is 4.16. The molecule has 0 bridgehead atoms. The molecule has 0 aliphatic carbocycles. The van der Waals surface area contributed by atoms with Crippen LogP contribution < -0.4 is 0 Å². The molecule has 2 aromatic carbocycles. The summed E-state index contributed by atoms with van der Waals surface area (Å²) in [5.41, 5.74) is 2.82. The van der Waals surface area contributed by atoms with Crippen molar-refractivity contribution in [3.8, 4) is 0 Å². The highest BCUT2D eigenvalue weighted by atomic mass is 16.5. The van der Waals surface area contributed by atoms with Crippen LogP contribution in [0.2, 0.25) is 0 Å². The second kappa shape index (κ2) is 6.61. The fourth-order valence-electron chi connectivity index (χ4n) is 2.95. The van der Waals surface area contributed by atoms with E-state index < -0.39 is 6.10 Å². The molecule has 3 rings (SSSR count). The van der Waals surface area contributed by atoms with Gasteiger partial charge >= 0.3 is 5.97 Å². The zero-order valence-corrected chi connectivity index (χ0v) is 12.9. The van der Waals surface area contributed by atoms with Gasteiger partial charge in [0, 0.05) is 24.0 Å². The maximum absolute atomic E-state index is 12.6. The van der Waals surface area contributed by atoms with Gasteiger partial charge in [-0.2, -0.15) is 0 Å². The zero-order valence-electron chi connectivity index (χ0n) is 12.9. The summed E-state index contributed by atoms with van der Waals surface area (Å²) in [6.45, 7) is 2.01. The minimum atomic E-state index is -0.392. The summed E-state index contributed by atoms with van der Waals surface area (Å²) < 4.78 is 5.37. The number of carbonyl (C=O) groups is 2. The van der Waals surface area contributed by atoms with Crippen molar-refractivity contribution >= 4 is 11.8 Å². The number of aryl methyl sites for hydroxylation is 1. The molecule has 3 heteroatoms. The van der Waals surface area contributed by atoms with Gasteiger partial charge in [-0.05, 0) is 24.1 Å². The highest BCUT2D eigenvalue weighted by Crippen LogP contribution is 2.32. The SMILES string of the molecule is Cc1ccccc1[C@H](CC(=O)c1ccccc1)[C@@H]1C=CC(=O)O1. The van der Waals surface area contributed by atoms with Crippen LogP contribution in [-0.2, 0) is 9.53 Å². The Hall–Kier alpha value is -2.68. The van der Waals surface area contributed by atoms with Crippen LogP contribution in [0.5, 0.6) is 0 Å². The number of ether oxygens (including phenoxy) is 1. The van der Waals surface area contributed by atoms with Crippen molar-refractivity contribution in [1.29, 1.82) is 0 Å². The number of hydrogen-bond donors (Lipinski definition) is 0. The Kier molecular flexibility index (Phi) is 4.38. The number of Topliss-reactive ketones (excluding diaryl/α,β-unsaturated/α-hetero) is 1. The molecule has 23 heavy (non-hydrogen) atoms.